The van der Waals surface area contributed by atoms with Gasteiger partial charge in [0.15, 0.2) is 0 Å². The minimum absolute atomic E-state index is 0.0863. The second-order valence-electron chi connectivity index (χ2n) is 10.0. The standard InChI is InChI=1S/C30H32N2O3S/c1-20-10-12-21(13-11-20)26-19-32(28(33)17-23-9-5-6-15-31-23)16-14-24(26)25-18-27(36-29(25)30(34)35)22-7-3-2-4-8-22/h2-9,15,18,20-21H,10-14,16-17,19H2,1H3,(H,34,35). The van der Waals surface area contributed by atoms with Gasteiger partial charge < -0.3 is 10.0 Å². The lowest BCUT2D eigenvalue weighted by Gasteiger charge is -2.37. The number of rotatable bonds is 6. The number of hydrogen-bond donors (Lipinski definition) is 1. The molecule has 3 aromatic rings. The summed E-state index contributed by atoms with van der Waals surface area (Å²) in [5.41, 5.74) is 5.07. The van der Waals surface area contributed by atoms with Gasteiger partial charge in [-0.1, -0.05) is 56.2 Å². The molecule has 1 aromatic carbocycles. The molecule has 1 saturated carbocycles. The summed E-state index contributed by atoms with van der Waals surface area (Å²) < 4.78 is 0. The maximum absolute atomic E-state index is 13.2. The van der Waals surface area contributed by atoms with Crippen molar-refractivity contribution < 1.29 is 14.7 Å². The third-order valence-electron chi connectivity index (χ3n) is 7.61. The van der Waals surface area contributed by atoms with Crippen LogP contribution in [0.2, 0.25) is 0 Å². The second kappa shape index (κ2) is 10.8. The van der Waals surface area contributed by atoms with Crippen molar-refractivity contribution in [3.8, 4) is 10.4 Å². The first kappa shape index (κ1) is 24.4. The molecule has 2 aliphatic rings. The zero-order chi connectivity index (χ0) is 25.1. The molecule has 1 aliphatic heterocycles. The molecule has 1 amide bonds. The molecule has 0 unspecified atom stereocenters. The molecule has 1 N–H and O–H groups in total. The lowest BCUT2D eigenvalue weighted by Crippen LogP contribution is -2.39. The van der Waals surface area contributed by atoms with Crippen LogP contribution in [0.1, 0.15) is 60.0 Å². The van der Waals surface area contributed by atoms with E-state index in [1.165, 1.54) is 29.8 Å². The van der Waals surface area contributed by atoms with E-state index in [-0.39, 0.29) is 5.91 Å². The number of pyridine rings is 1. The predicted octanol–water partition coefficient (Wildman–Crippen LogP) is 6.56. The average molecular weight is 501 g/mol. The SMILES string of the molecule is CC1CCC(C2=C(c3cc(-c4ccccc4)sc3C(=O)O)CCN(C(=O)Cc3ccccn3)C2)CC1. The fourth-order valence-corrected chi connectivity index (χ4v) is 6.61. The first-order valence-corrected chi connectivity index (χ1v) is 13.6. The maximum Gasteiger partial charge on any atom is 0.346 e. The van der Waals surface area contributed by atoms with Crippen LogP contribution in [0.3, 0.4) is 0 Å². The Kier molecular flexibility index (Phi) is 7.33. The van der Waals surface area contributed by atoms with E-state index in [4.69, 9.17) is 0 Å². The van der Waals surface area contributed by atoms with Crippen molar-refractivity contribution in [2.45, 2.75) is 45.4 Å². The van der Waals surface area contributed by atoms with Gasteiger partial charge in [0, 0.05) is 35.4 Å². The van der Waals surface area contributed by atoms with Gasteiger partial charge in [0.1, 0.15) is 4.88 Å². The van der Waals surface area contributed by atoms with Crippen molar-refractivity contribution in [2.24, 2.45) is 11.8 Å². The number of carboxylic acid groups (broad SMARTS) is 1. The van der Waals surface area contributed by atoms with Crippen LogP contribution in [-0.2, 0) is 11.2 Å². The van der Waals surface area contributed by atoms with Gasteiger partial charge in [0.2, 0.25) is 5.91 Å². The van der Waals surface area contributed by atoms with Crippen molar-refractivity contribution >= 4 is 28.8 Å². The van der Waals surface area contributed by atoms with Crippen LogP contribution in [0.15, 0.2) is 66.4 Å². The van der Waals surface area contributed by atoms with Gasteiger partial charge in [-0.05, 0) is 66.0 Å². The number of aromatic nitrogens is 1. The molecular formula is C30H32N2O3S. The molecule has 3 heterocycles. The Labute approximate surface area is 216 Å². The first-order chi connectivity index (χ1) is 17.5. The highest BCUT2D eigenvalue weighted by Crippen LogP contribution is 2.43. The second-order valence-corrected chi connectivity index (χ2v) is 11.1. The van der Waals surface area contributed by atoms with Crippen LogP contribution in [0.5, 0.6) is 0 Å². The fourth-order valence-electron chi connectivity index (χ4n) is 5.58. The largest absolute Gasteiger partial charge is 0.477 e. The summed E-state index contributed by atoms with van der Waals surface area (Å²) in [6.07, 6.45) is 7.24. The lowest BCUT2D eigenvalue weighted by atomic mass is 9.75. The number of nitrogens with zero attached hydrogens (tertiary/aromatic N) is 2. The van der Waals surface area contributed by atoms with Crippen LogP contribution in [-0.4, -0.2) is 40.0 Å². The molecule has 0 bridgehead atoms. The molecule has 6 heteroatoms. The molecule has 1 aliphatic carbocycles. The Hall–Kier alpha value is -3.25. The summed E-state index contributed by atoms with van der Waals surface area (Å²) in [5.74, 6) is 0.317. The van der Waals surface area contributed by atoms with Crippen LogP contribution < -0.4 is 0 Å². The van der Waals surface area contributed by atoms with E-state index in [2.05, 4.69) is 18.0 Å². The van der Waals surface area contributed by atoms with Crippen molar-refractivity contribution in [3.63, 3.8) is 0 Å². The Morgan fingerprint density at radius 3 is 2.50 bits per heavy atom. The third-order valence-corrected chi connectivity index (χ3v) is 8.78. The van der Waals surface area contributed by atoms with Gasteiger partial charge in [-0.25, -0.2) is 4.79 Å². The number of amides is 1. The van der Waals surface area contributed by atoms with E-state index in [0.717, 1.165) is 46.0 Å². The normalized spacial score (nSPS) is 20.4. The number of hydrogen-bond acceptors (Lipinski definition) is 4. The molecule has 2 aromatic heterocycles. The highest BCUT2D eigenvalue weighted by molar-refractivity contribution is 7.17. The van der Waals surface area contributed by atoms with E-state index in [1.54, 1.807) is 6.20 Å². The Balaban J connectivity index is 1.51. The van der Waals surface area contributed by atoms with Crippen molar-refractivity contribution in [2.75, 3.05) is 13.1 Å². The highest BCUT2D eigenvalue weighted by Gasteiger charge is 2.32. The number of carbonyl (C=O) groups excluding carboxylic acids is 1. The lowest BCUT2D eigenvalue weighted by molar-refractivity contribution is -0.130. The fraction of sp³-hybridized carbons (Fsp3) is 0.367. The monoisotopic (exact) mass is 500 g/mol. The molecule has 36 heavy (non-hydrogen) atoms. The van der Waals surface area contributed by atoms with Crippen molar-refractivity contribution in [1.82, 2.24) is 9.88 Å². The van der Waals surface area contributed by atoms with Crippen LogP contribution >= 0.6 is 11.3 Å². The van der Waals surface area contributed by atoms with Gasteiger partial charge in [0.05, 0.1) is 6.42 Å². The molecule has 5 nitrogen and oxygen atoms in total. The molecule has 0 saturated heterocycles. The summed E-state index contributed by atoms with van der Waals surface area (Å²) in [6, 6.07) is 17.7. The molecule has 186 valence electrons. The van der Waals surface area contributed by atoms with Gasteiger partial charge >= 0.3 is 5.97 Å². The van der Waals surface area contributed by atoms with Gasteiger partial charge in [-0.15, -0.1) is 11.3 Å². The summed E-state index contributed by atoms with van der Waals surface area (Å²) >= 11 is 1.35. The van der Waals surface area contributed by atoms with Gasteiger partial charge in [-0.2, -0.15) is 0 Å². The summed E-state index contributed by atoms with van der Waals surface area (Å²) in [4.78, 5) is 33.2. The zero-order valence-electron chi connectivity index (χ0n) is 20.7. The van der Waals surface area contributed by atoms with E-state index in [1.807, 2.05) is 53.4 Å². The number of benzene rings is 1. The quantitative estimate of drug-likeness (QED) is 0.416. The molecule has 5 rings (SSSR count). The van der Waals surface area contributed by atoms with Crippen LogP contribution in [0.25, 0.3) is 16.0 Å². The first-order valence-electron chi connectivity index (χ1n) is 12.8. The van der Waals surface area contributed by atoms with E-state index in [9.17, 15) is 14.7 Å². The van der Waals surface area contributed by atoms with Crippen molar-refractivity contribution in [1.29, 1.82) is 0 Å². The smallest absolute Gasteiger partial charge is 0.346 e. The maximum atomic E-state index is 13.2. The Morgan fingerprint density at radius 1 is 1.06 bits per heavy atom. The minimum atomic E-state index is -0.880. The molecule has 1 fully saturated rings. The zero-order valence-corrected chi connectivity index (χ0v) is 21.5. The molecule has 0 spiro atoms. The summed E-state index contributed by atoms with van der Waals surface area (Å²) in [7, 11) is 0. The van der Waals surface area contributed by atoms with Crippen LogP contribution in [0.4, 0.5) is 0 Å². The third kappa shape index (κ3) is 5.29. The Bertz CT molecular complexity index is 1260. The van der Waals surface area contributed by atoms with Crippen molar-refractivity contribution in [3.05, 3.63) is 82.5 Å². The van der Waals surface area contributed by atoms with Crippen LogP contribution in [0, 0.1) is 11.8 Å². The van der Waals surface area contributed by atoms with E-state index < -0.39 is 5.97 Å². The van der Waals surface area contributed by atoms with Gasteiger partial charge in [0.25, 0.3) is 0 Å². The Morgan fingerprint density at radius 2 is 1.81 bits per heavy atom. The predicted molar refractivity (Wildman–Crippen MR) is 144 cm³/mol. The number of thiophene rings is 1. The number of carbonyl (C=O) groups is 2. The average Bonchev–Trinajstić information content (AvgIpc) is 3.36. The highest BCUT2D eigenvalue weighted by atomic mass is 32.1. The number of aromatic carboxylic acids is 1. The summed E-state index contributed by atoms with van der Waals surface area (Å²) in [5, 5.41) is 10.1. The molecule has 0 radical (unpaired) electrons. The van der Waals surface area contributed by atoms with Gasteiger partial charge in [-0.3, -0.25) is 9.78 Å². The number of carboxylic acids is 1. The summed E-state index contributed by atoms with van der Waals surface area (Å²) in [6.45, 7) is 3.49. The van der Waals surface area contributed by atoms with E-state index in [0.29, 0.717) is 36.7 Å². The molecule has 0 atom stereocenters. The molecular weight excluding hydrogens is 468 g/mol. The topological polar surface area (TPSA) is 70.5 Å². The minimum Gasteiger partial charge on any atom is -0.477 e. The van der Waals surface area contributed by atoms with E-state index >= 15 is 0 Å².